The summed E-state index contributed by atoms with van der Waals surface area (Å²) in [7, 11) is 0. The molecule has 1 amide bonds. The molecular formula is C12H25NO3. The Balaban J connectivity index is 4.09. The van der Waals surface area contributed by atoms with Crippen LogP contribution in [-0.2, 0) is 4.74 Å². The van der Waals surface area contributed by atoms with Crippen LogP contribution in [-0.4, -0.2) is 30.0 Å². The lowest BCUT2D eigenvalue weighted by Gasteiger charge is -2.29. The Morgan fingerprint density at radius 2 is 1.75 bits per heavy atom. The molecule has 0 saturated carbocycles. The average molecular weight is 231 g/mol. The zero-order chi connectivity index (χ0) is 13.0. The minimum absolute atomic E-state index is 0.0278. The number of aliphatic hydroxyl groups excluding tert-OH is 1. The number of alkyl carbamates (subject to hydrolysis) is 1. The van der Waals surface area contributed by atoms with Crippen molar-refractivity contribution in [2.75, 3.05) is 13.2 Å². The lowest BCUT2D eigenvalue weighted by Crippen LogP contribution is -2.39. The monoisotopic (exact) mass is 231 g/mol. The van der Waals surface area contributed by atoms with Crippen LogP contribution in [0.5, 0.6) is 0 Å². The first-order valence-electron chi connectivity index (χ1n) is 5.64. The fourth-order valence-electron chi connectivity index (χ4n) is 1.17. The Morgan fingerprint density at radius 3 is 2.06 bits per heavy atom. The van der Waals surface area contributed by atoms with E-state index >= 15 is 0 Å². The minimum atomic E-state index is -0.486. The molecule has 0 aliphatic carbocycles. The van der Waals surface area contributed by atoms with Crippen molar-refractivity contribution < 1.29 is 14.6 Å². The molecule has 0 rings (SSSR count). The quantitative estimate of drug-likeness (QED) is 0.782. The van der Waals surface area contributed by atoms with Gasteiger partial charge in [-0.3, -0.25) is 0 Å². The Kier molecular flexibility index (Phi) is 5.26. The number of hydrogen-bond acceptors (Lipinski definition) is 3. The lowest BCUT2D eigenvalue weighted by molar-refractivity contribution is 0.0484. The molecule has 0 radical (unpaired) electrons. The van der Waals surface area contributed by atoms with Crippen LogP contribution >= 0.6 is 0 Å². The maximum absolute atomic E-state index is 11.4. The topological polar surface area (TPSA) is 58.6 Å². The fourth-order valence-corrected chi connectivity index (χ4v) is 1.17. The summed E-state index contributed by atoms with van der Waals surface area (Å²) >= 11 is 0. The number of hydrogen-bond donors (Lipinski definition) is 2. The smallest absolute Gasteiger partial charge is 0.407 e. The van der Waals surface area contributed by atoms with Crippen LogP contribution < -0.4 is 5.32 Å². The molecule has 4 nitrogen and oxygen atoms in total. The fraction of sp³-hybridized carbons (Fsp3) is 0.917. The van der Waals surface area contributed by atoms with Crippen LogP contribution in [0.15, 0.2) is 0 Å². The van der Waals surface area contributed by atoms with E-state index < -0.39 is 11.7 Å². The van der Waals surface area contributed by atoms with Crippen molar-refractivity contribution in [3.05, 3.63) is 0 Å². The molecule has 0 aliphatic heterocycles. The predicted octanol–water partition coefficient (Wildman–Crippen LogP) is 2.17. The second-order valence-electron chi connectivity index (χ2n) is 6.13. The minimum Gasteiger partial charge on any atom is -0.444 e. The molecule has 16 heavy (non-hydrogen) atoms. The summed E-state index contributed by atoms with van der Waals surface area (Å²) in [6.07, 6.45) is -0.435. The highest BCUT2D eigenvalue weighted by molar-refractivity contribution is 5.67. The summed E-state index contributed by atoms with van der Waals surface area (Å²) in [4.78, 5) is 11.4. The molecule has 4 heteroatoms. The van der Waals surface area contributed by atoms with E-state index in [0.29, 0.717) is 6.54 Å². The third-order valence-electron chi connectivity index (χ3n) is 2.34. The summed E-state index contributed by atoms with van der Waals surface area (Å²) in [6, 6.07) is 0. The third kappa shape index (κ3) is 6.67. The van der Waals surface area contributed by atoms with Crippen LogP contribution in [0.2, 0.25) is 0 Å². The van der Waals surface area contributed by atoms with Crippen molar-refractivity contribution in [3.63, 3.8) is 0 Å². The number of nitrogens with one attached hydrogen (secondary N) is 1. The van der Waals surface area contributed by atoms with Crippen LogP contribution in [0.25, 0.3) is 0 Å². The maximum atomic E-state index is 11.4. The highest BCUT2D eigenvalue weighted by atomic mass is 16.6. The van der Waals surface area contributed by atoms with Gasteiger partial charge in [0.05, 0.1) is 0 Å². The lowest BCUT2D eigenvalue weighted by atomic mass is 9.81. The molecule has 0 aliphatic rings. The van der Waals surface area contributed by atoms with Gasteiger partial charge in [-0.1, -0.05) is 20.8 Å². The van der Waals surface area contributed by atoms with Crippen LogP contribution in [0.4, 0.5) is 4.79 Å². The summed E-state index contributed by atoms with van der Waals surface area (Å²) in [5, 5.41) is 11.9. The largest absolute Gasteiger partial charge is 0.444 e. The van der Waals surface area contributed by atoms with E-state index in [4.69, 9.17) is 4.74 Å². The van der Waals surface area contributed by atoms with Gasteiger partial charge in [0, 0.05) is 19.1 Å². The number of carbonyl (C=O) groups is 1. The van der Waals surface area contributed by atoms with Gasteiger partial charge in [0.1, 0.15) is 5.60 Å². The molecule has 0 aromatic heterocycles. The zero-order valence-electron chi connectivity index (χ0n) is 11.3. The molecule has 96 valence electrons. The standard InChI is InChI=1S/C12H25NO3/c1-11(2,3)9(8-14)7-13-10(15)16-12(4,5)6/h9,14H,7-8H2,1-6H3,(H,13,15). The Labute approximate surface area is 98.4 Å². The zero-order valence-corrected chi connectivity index (χ0v) is 11.3. The van der Waals surface area contributed by atoms with Crippen molar-refractivity contribution in [3.8, 4) is 0 Å². The molecule has 0 aromatic carbocycles. The number of amides is 1. The number of rotatable bonds is 3. The van der Waals surface area contributed by atoms with Gasteiger partial charge in [0.25, 0.3) is 0 Å². The third-order valence-corrected chi connectivity index (χ3v) is 2.34. The number of carbonyl (C=O) groups excluding carboxylic acids is 1. The van der Waals surface area contributed by atoms with Crippen LogP contribution in [0, 0.1) is 11.3 Å². The van der Waals surface area contributed by atoms with Crippen LogP contribution in [0.3, 0.4) is 0 Å². The van der Waals surface area contributed by atoms with Crippen molar-refractivity contribution in [2.24, 2.45) is 11.3 Å². The van der Waals surface area contributed by atoms with Gasteiger partial charge in [-0.2, -0.15) is 0 Å². The van der Waals surface area contributed by atoms with E-state index in [1.807, 2.05) is 41.5 Å². The van der Waals surface area contributed by atoms with E-state index in [2.05, 4.69) is 5.32 Å². The molecule has 0 saturated heterocycles. The van der Waals surface area contributed by atoms with E-state index in [-0.39, 0.29) is 17.9 Å². The first kappa shape index (κ1) is 15.2. The van der Waals surface area contributed by atoms with Gasteiger partial charge in [-0.25, -0.2) is 4.79 Å². The molecule has 0 fully saturated rings. The summed E-state index contributed by atoms with van der Waals surface area (Å²) < 4.78 is 5.11. The van der Waals surface area contributed by atoms with E-state index in [1.165, 1.54) is 0 Å². The first-order chi connectivity index (χ1) is 7.06. The van der Waals surface area contributed by atoms with Gasteiger partial charge >= 0.3 is 6.09 Å². The summed E-state index contributed by atoms with van der Waals surface area (Å²) in [5.41, 5.74) is -0.524. The molecule has 0 bridgehead atoms. The Morgan fingerprint density at radius 1 is 1.25 bits per heavy atom. The highest BCUT2D eigenvalue weighted by Crippen LogP contribution is 2.24. The molecule has 0 aromatic rings. The van der Waals surface area contributed by atoms with Crippen molar-refractivity contribution in [1.82, 2.24) is 5.32 Å². The first-order valence-corrected chi connectivity index (χ1v) is 5.64. The second kappa shape index (κ2) is 5.53. The SMILES string of the molecule is CC(C)(C)OC(=O)NCC(CO)C(C)(C)C. The van der Waals surface area contributed by atoms with Gasteiger partial charge in [-0.15, -0.1) is 0 Å². The van der Waals surface area contributed by atoms with Crippen molar-refractivity contribution in [1.29, 1.82) is 0 Å². The molecular weight excluding hydrogens is 206 g/mol. The van der Waals surface area contributed by atoms with E-state index in [0.717, 1.165) is 0 Å². The van der Waals surface area contributed by atoms with Crippen molar-refractivity contribution >= 4 is 6.09 Å². The number of ether oxygens (including phenoxy) is 1. The molecule has 1 unspecified atom stereocenters. The molecule has 1 atom stereocenters. The highest BCUT2D eigenvalue weighted by Gasteiger charge is 2.25. The van der Waals surface area contributed by atoms with E-state index in [1.54, 1.807) is 0 Å². The molecule has 2 N–H and O–H groups in total. The summed E-state index contributed by atoms with van der Waals surface area (Å²) in [6.45, 7) is 12.0. The Bertz CT molecular complexity index is 225. The van der Waals surface area contributed by atoms with Gasteiger partial charge in [0.2, 0.25) is 0 Å². The average Bonchev–Trinajstić information content (AvgIpc) is 1.98. The maximum Gasteiger partial charge on any atom is 0.407 e. The van der Waals surface area contributed by atoms with Gasteiger partial charge in [-0.05, 0) is 26.2 Å². The van der Waals surface area contributed by atoms with E-state index in [9.17, 15) is 9.90 Å². The predicted molar refractivity (Wildman–Crippen MR) is 64.3 cm³/mol. The molecule has 0 spiro atoms. The van der Waals surface area contributed by atoms with Crippen molar-refractivity contribution in [2.45, 2.75) is 47.1 Å². The normalized spacial score (nSPS) is 14.4. The second-order valence-corrected chi connectivity index (χ2v) is 6.13. The number of aliphatic hydroxyl groups is 1. The van der Waals surface area contributed by atoms with Crippen LogP contribution in [0.1, 0.15) is 41.5 Å². The molecule has 0 heterocycles. The summed E-state index contributed by atoms with van der Waals surface area (Å²) in [5.74, 6) is 0.0278. The van der Waals surface area contributed by atoms with Gasteiger partial charge < -0.3 is 15.2 Å². The Hall–Kier alpha value is -0.770. The van der Waals surface area contributed by atoms with Gasteiger partial charge in [0.15, 0.2) is 0 Å².